The maximum atomic E-state index is 12.5. The third-order valence-corrected chi connectivity index (χ3v) is 5.47. The largest absolute Gasteiger partial charge is 0.356 e. The molecule has 1 N–H and O–H groups in total. The summed E-state index contributed by atoms with van der Waals surface area (Å²) in [6.07, 6.45) is 0.529. The van der Waals surface area contributed by atoms with Crippen LogP contribution in [-0.4, -0.2) is 9.55 Å². The zero-order chi connectivity index (χ0) is 20.1. The van der Waals surface area contributed by atoms with Crippen molar-refractivity contribution in [3.05, 3.63) is 91.6 Å². The molecule has 0 saturated heterocycles. The predicted octanol–water partition coefficient (Wildman–Crippen LogP) is 4.04. The van der Waals surface area contributed by atoms with Crippen LogP contribution in [0.15, 0.2) is 68.0 Å². The molecule has 0 unspecified atom stereocenters. The van der Waals surface area contributed by atoms with Gasteiger partial charge >= 0.3 is 5.69 Å². The van der Waals surface area contributed by atoms with Crippen LogP contribution in [0.5, 0.6) is 0 Å². The van der Waals surface area contributed by atoms with Crippen LogP contribution < -0.4 is 11.2 Å². The van der Waals surface area contributed by atoms with Gasteiger partial charge in [0, 0.05) is 10.5 Å². The highest BCUT2D eigenvalue weighted by molar-refractivity contribution is 7.99. The van der Waals surface area contributed by atoms with Crippen LogP contribution in [0.2, 0.25) is 0 Å². The number of benzene rings is 2. The minimum Gasteiger partial charge on any atom is -0.356 e. The molecule has 3 aromatic rings. The van der Waals surface area contributed by atoms with Gasteiger partial charge in [0.15, 0.2) is 0 Å². The first-order valence-electron chi connectivity index (χ1n) is 9.21. The van der Waals surface area contributed by atoms with Crippen LogP contribution in [-0.2, 0) is 24.5 Å². The molecule has 3 rings (SSSR count). The van der Waals surface area contributed by atoms with Gasteiger partial charge in [0.2, 0.25) is 0 Å². The second kappa shape index (κ2) is 9.08. The monoisotopic (exact) mass is 396 g/mol. The van der Waals surface area contributed by atoms with Crippen LogP contribution in [0, 0.1) is 13.8 Å². The summed E-state index contributed by atoms with van der Waals surface area (Å²) in [6, 6.07) is 16.0. The second-order valence-corrected chi connectivity index (χ2v) is 7.78. The average Bonchev–Trinajstić information content (AvgIpc) is 2.64. The number of H-pyrrole nitrogens is 1. The summed E-state index contributed by atoms with van der Waals surface area (Å²) in [5.74, 6) is 0. The van der Waals surface area contributed by atoms with E-state index in [0.717, 1.165) is 21.6 Å². The Hall–Kier alpha value is -2.57. The number of hydrogen-bond acceptors (Lipinski definition) is 4. The van der Waals surface area contributed by atoms with Crippen molar-refractivity contribution < 1.29 is 4.74 Å². The Balaban J connectivity index is 1.94. The number of nitrogens with one attached hydrogen (secondary N) is 1. The summed E-state index contributed by atoms with van der Waals surface area (Å²) in [6.45, 7) is 6.44. The van der Waals surface area contributed by atoms with Gasteiger partial charge in [-0.3, -0.25) is 14.3 Å². The number of rotatable bonds is 7. The highest BCUT2D eigenvalue weighted by Crippen LogP contribution is 2.30. The van der Waals surface area contributed by atoms with Gasteiger partial charge in [-0.2, -0.15) is 0 Å². The molecule has 28 heavy (non-hydrogen) atoms. The minimum absolute atomic E-state index is 0.0740. The number of nitrogens with zero attached hydrogens (tertiary/aromatic N) is 1. The summed E-state index contributed by atoms with van der Waals surface area (Å²) in [7, 11) is 0. The number of aryl methyl sites for hydroxylation is 2. The molecule has 0 bridgehead atoms. The standard InChI is InChI=1S/C22H24N2O3S/c1-4-19-20(25)23-22(26)24(14-27-13-17-8-6-5-7-9-17)21(19)28-18-11-15(2)10-16(3)12-18/h5-12H,4,13-14H2,1-3H3,(H,23,25,26). The van der Waals surface area contributed by atoms with Gasteiger partial charge in [0.05, 0.1) is 11.6 Å². The van der Waals surface area contributed by atoms with Crippen molar-refractivity contribution in [1.29, 1.82) is 0 Å². The molecule has 0 fully saturated rings. The smallest absolute Gasteiger partial charge is 0.331 e. The fraction of sp³-hybridized carbons (Fsp3) is 0.273. The molecule has 1 heterocycles. The van der Waals surface area contributed by atoms with Crippen molar-refractivity contribution in [1.82, 2.24) is 9.55 Å². The molecule has 0 aliphatic carbocycles. The van der Waals surface area contributed by atoms with Crippen molar-refractivity contribution in [2.75, 3.05) is 0 Å². The van der Waals surface area contributed by atoms with Crippen LogP contribution >= 0.6 is 11.8 Å². The maximum Gasteiger partial charge on any atom is 0.331 e. The van der Waals surface area contributed by atoms with Crippen molar-refractivity contribution in [3.63, 3.8) is 0 Å². The molecule has 0 spiro atoms. The van der Waals surface area contributed by atoms with Crippen molar-refractivity contribution >= 4 is 11.8 Å². The van der Waals surface area contributed by atoms with E-state index in [1.165, 1.54) is 16.3 Å². The van der Waals surface area contributed by atoms with Gasteiger partial charge < -0.3 is 4.74 Å². The van der Waals surface area contributed by atoms with Gasteiger partial charge in [-0.15, -0.1) is 0 Å². The number of aromatic amines is 1. The fourth-order valence-corrected chi connectivity index (χ4v) is 4.39. The van der Waals surface area contributed by atoms with Gasteiger partial charge in [0.25, 0.3) is 5.56 Å². The summed E-state index contributed by atoms with van der Waals surface area (Å²) in [4.78, 5) is 28.3. The molecular formula is C22H24N2O3S. The number of ether oxygens (including phenoxy) is 1. The molecule has 0 saturated carbocycles. The third-order valence-electron chi connectivity index (χ3n) is 4.34. The van der Waals surface area contributed by atoms with Crippen LogP contribution in [0.3, 0.4) is 0 Å². The lowest BCUT2D eigenvalue weighted by molar-refractivity contribution is 0.0550. The van der Waals surface area contributed by atoms with E-state index >= 15 is 0 Å². The average molecular weight is 397 g/mol. The maximum absolute atomic E-state index is 12.5. The molecule has 0 radical (unpaired) electrons. The Morgan fingerprint density at radius 3 is 2.36 bits per heavy atom. The zero-order valence-corrected chi connectivity index (χ0v) is 17.1. The molecule has 0 atom stereocenters. The van der Waals surface area contributed by atoms with Gasteiger partial charge in [-0.25, -0.2) is 4.79 Å². The lowest BCUT2D eigenvalue weighted by atomic mass is 10.2. The first-order valence-corrected chi connectivity index (χ1v) is 10.0. The Labute approximate surface area is 168 Å². The fourth-order valence-electron chi connectivity index (χ4n) is 3.07. The van der Waals surface area contributed by atoms with Gasteiger partial charge in [-0.05, 0) is 49.1 Å². The van der Waals surface area contributed by atoms with E-state index in [9.17, 15) is 9.59 Å². The van der Waals surface area contributed by atoms with Crippen LogP contribution in [0.25, 0.3) is 0 Å². The third kappa shape index (κ3) is 4.82. The lowest BCUT2D eigenvalue weighted by Crippen LogP contribution is -2.34. The van der Waals surface area contributed by atoms with E-state index in [1.54, 1.807) is 0 Å². The lowest BCUT2D eigenvalue weighted by Gasteiger charge is -2.16. The molecule has 5 nitrogen and oxygen atoms in total. The summed E-state index contributed by atoms with van der Waals surface area (Å²) in [5, 5.41) is 0.634. The van der Waals surface area contributed by atoms with Crippen LogP contribution in [0.1, 0.15) is 29.2 Å². The SMILES string of the molecule is CCc1c(Sc2cc(C)cc(C)c2)n(COCc2ccccc2)c(=O)[nH]c1=O. The molecule has 1 aromatic heterocycles. The molecular weight excluding hydrogens is 372 g/mol. The van der Waals surface area contributed by atoms with Crippen LogP contribution in [0.4, 0.5) is 0 Å². The molecule has 2 aromatic carbocycles. The minimum atomic E-state index is -0.456. The Bertz CT molecular complexity index is 1050. The molecule has 0 aliphatic heterocycles. The summed E-state index contributed by atoms with van der Waals surface area (Å²) in [5.41, 5.74) is 3.10. The highest BCUT2D eigenvalue weighted by atomic mass is 32.2. The van der Waals surface area contributed by atoms with E-state index in [2.05, 4.69) is 23.2 Å². The predicted molar refractivity (Wildman–Crippen MR) is 112 cm³/mol. The van der Waals surface area contributed by atoms with E-state index in [1.807, 2.05) is 51.1 Å². The number of aromatic nitrogens is 2. The first-order chi connectivity index (χ1) is 13.5. The van der Waals surface area contributed by atoms with E-state index in [-0.39, 0.29) is 12.3 Å². The normalized spacial score (nSPS) is 11.0. The summed E-state index contributed by atoms with van der Waals surface area (Å²) >= 11 is 1.43. The summed E-state index contributed by atoms with van der Waals surface area (Å²) < 4.78 is 7.28. The second-order valence-electron chi connectivity index (χ2n) is 6.71. The Kier molecular flexibility index (Phi) is 6.54. The molecule has 0 aliphatic rings. The first kappa shape index (κ1) is 20.2. The quantitative estimate of drug-likeness (QED) is 0.612. The highest BCUT2D eigenvalue weighted by Gasteiger charge is 2.15. The molecule has 6 heteroatoms. The number of hydrogen-bond donors (Lipinski definition) is 1. The van der Waals surface area contributed by atoms with E-state index < -0.39 is 5.69 Å². The van der Waals surface area contributed by atoms with E-state index in [0.29, 0.717) is 23.6 Å². The van der Waals surface area contributed by atoms with Crippen molar-refractivity contribution in [3.8, 4) is 0 Å². The Morgan fingerprint density at radius 1 is 1.04 bits per heavy atom. The Morgan fingerprint density at radius 2 is 1.71 bits per heavy atom. The topological polar surface area (TPSA) is 64.1 Å². The zero-order valence-electron chi connectivity index (χ0n) is 16.3. The van der Waals surface area contributed by atoms with E-state index in [4.69, 9.17) is 4.74 Å². The molecule has 0 amide bonds. The molecule has 146 valence electrons. The van der Waals surface area contributed by atoms with Crippen molar-refractivity contribution in [2.45, 2.75) is 50.5 Å². The van der Waals surface area contributed by atoms with Gasteiger partial charge in [0.1, 0.15) is 6.73 Å². The van der Waals surface area contributed by atoms with Crippen molar-refractivity contribution in [2.24, 2.45) is 0 Å². The van der Waals surface area contributed by atoms with Gasteiger partial charge in [-0.1, -0.05) is 55.1 Å².